The number of aromatic nitrogens is 1. The summed E-state index contributed by atoms with van der Waals surface area (Å²) in [7, 11) is -4.27. The first kappa shape index (κ1) is 20.0. The quantitative estimate of drug-likeness (QED) is 0.373. The number of nitrogens with zero attached hydrogens (tertiary/aromatic N) is 2. The lowest BCUT2D eigenvalue weighted by Crippen LogP contribution is -2.14. The number of benzene rings is 2. The van der Waals surface area contributed by atoms with Crippen LogP contribution in [0, 0.1) is 17.0 Å². The van der Waals surface area contributed by atoms with Crippen molar-refractivity contribution in [1.82, 2.24) is 4.98 Å². The number of amides is 1. The maximum atomic E-state index is 12.3. The van der Waals surface area contributed by atoms with Crippen molar-refractivity contribution < 1.29 is 22.3 Å². The van der Waals surface area contributed by atoms with Gasteiger partial charge in [0.1, 0.15) is 16.5 Å². The van der Waals surface area contributed by atoms with Gasteiger partial charge < -0.3 is 9.50 Å². The second-order valence-electron chi connectivity index (χ2n) is 5.94. The van der Waals surface area contributed by atoms with Crippen molar-refractivity contribution in [2.75, 3.05) is 5.32 Å². The van der Waals surface area contributed by atoms with Crippen LogP contribution in [0.15, 0.2) is 71.8 Å². The summed E-state index contributed by atoms with van der Waals surface area (Å²) < 4.78 is 29.7. The van der Waals surface area contributed by atoms with Crippen LogP contribution in [0.4, 0.5) is 11.5 Å². The van der Waals surface area contributed by atoms with E-state index in [0.29, 0.717) is 5.82 Å². The highest BCUT2D eigenvalue weighted by molar-refractivity contribution is 7.87. The van der Waals surface area contributed by atoms with Crippen LogP contribution >= 0.6 is 0 Å². The van der Waals surface area contributed by atoms with Crippen LogP contribution in [0.1, 0.15) is 15.9 Å². The third kappa shape index (κ3) is 4.74. The Bertz CT molecular complexity index is 1180. The number of carbonyl (C=O) groups is 1. The summed E-state index contributed by atoms with van der Waals surface area (Å²) in [5.41, 5.74) is 0.700. The van der Waals surface area contributed by atoms with Crippen molar-refractivity contribution in [1.29, 1.82) is 0 Å². The molecule has 0 aliphatic heterocycles. The fraction of sp³-hybridized carbons (Fsp3) is 0.0526. The van der Waals surface area contributed by atoms with Crippen LogP contribution in [0.25, 0.3) is 0 Å². The van der Waals surface area contributed by atoms with E-state index in [9.17, 15) is 23.3 Å². The Hall–Kier alpha value is -3.79. The summed E-state index contributed by atoms with van der Waals surface area (Å²) in [5.74, 6) is -0.0342. The van der Waals surface area contributed by atoms with Gasteiger partial charge >= 0.3 is 10.1 Å². The molecular formula is C19H15N3O6S. The molecule has 0 aliphatic carbocycles. The molecule has 3 aromatic rings. The van der Waals surface area contributed by atoms with Gasteiger partial charge in [-0.15, -0.1) is 0 Å². The fourth-order valence-corrected chi connectivity index (χ4v) is 3.36. The summed E-state index contributed by atoms with van der Waals surface area (Å²) in [4.78, 5) is 26.2. The lowest BCUT2D eigenvalue weighted by molar-refractivity contribution is -0.385. The smallest absolute Gasteiger partial charge is 0.339 e. The molecule has 0 spiro atoms. The van der Waals surface area contributed by atoms with Crippen LogP contribution in [-0.4, -0.2) is 24.2 Å². The fourth-order valence-electron chi connectivity index (χ4n) is 2.39. The van der Waals surface area contributed by atoms with E-state index in [1.165, 1.54) is 42.5 Å². The van der Waals surface area contributed by atoms with Crippen molar-refractivity contribution in [3.05, 3.63) is 88.1 Å². The van der Waals surface area contributed by atoms with Gasteiger partial charge in [0, 0.05) is 23.9 Å². The molecule has 148 valence electrons. The summed E-state index contributed by atoms with van der Waals surface area (Å²) >= 11 is 0. The molecule has 0 aliphatic rings. The highest BCUT2D eigenvalue weighted by Crippen LogP contribution is 2.22. The van der Waals surface area contributed by atoms with Crippen molar-refractivity contribution >= 4 is 27.5 Å². The van der Waals surface area contributed by atoms with E-state index in [2.05, 4.69) is 10.3 Å². The number of hydrogen-bond acceptors (Lipinski definition) is 7. The van der Waals surface area contributed by atoms with E-state index < -0.39 is 20.9 Å². The SMILES string of the molecule is Cc1cccnc1NC(=O)c1ccc(OS(=O)(=O)c2cccc([N+](=O)[O-])c2)cc1. The Morgan fingerprint density at radius 2 is 1.83 bits per heavy atom. The zero-order valence-electron chi connectivity index (χ0n) is 15.1. The lowest BCUT2D eigenvalue weighted by Gasteiger charge is -2.09. The number of anilines is 1. The van der Waals surface area contributed by atoms with Crippen molar-refractivity contribution in [3.8, 4) is 5.75 Å². The van der Waals surface area contributed by atoms with Gasteiger partial charge in [0.05, 0.1) is 4.92 Å². The maximum Gasteiger partial charge on any atom is 0.339 e. The average Bonchev–Trinajstić information content (AvgIpc) is 2.70. The molecule has 1 amide bonds. The van der Waals surface area contributed by atoms with Gasteiger partial charge in [-0.2, -0.15) is 8.42 Å². The zero-order valence-corrected chi connectivity index (χ0v) is 15.9. The number of aryl methyl sites for hydroxylation is 1. The zero-order chi connectivity index (χ0) is 21.0. The molecule has 0 saturated carbocycles. The number of nitrogens with one attached hydrogen (secondary N) is 1. The van der Waals surface area contributed by atoms with Gasteiger partial charge in [0.15, 0.2) is 0 Å². The molecule has 0 radical (unpaired) electrons. The van der Waals surface area contributed by atoms with Crippen LogP contribution in [0.3, 0.4) is 0 Å². The third-order valence-corrected chi connectivity index (χ3v) is 5.12. The topological polar surface area (TPSA) is 128 Å². The van der Waals surface area contributed by atoms with Gasteiger partial charge in [-0.3, -0.25) is 14.9 Å². The summed E-state index contributed by atoms with van der Waals surface area (Å²) in [6.45, 7) is 1.80. The molecule has 0 atom stereocenters. The molecular weight excluding hydrogens is 398 g/mol. The molecule has 29 heavy (non-hydrogen) atoms. The lowest BCUT2D eigenvalue weighted by atomic mass is 10.2. The number of rotatable bonds is 6. The van der Waals surface area contributed by atoms with Gasteiger partial charge in [0.2, 0.25) is 0 Å². The Labute approximate surface area is 166 Å². The van der Waals surface area contributed by atoms with E-state index in [0.717, 1.165) is 11.6 Å². The van der Waals surface area contributed by atoms with E-state index in [4.69, 9.17) is 4.18 Å². The Morgan fingerprint density at radius 1 is 1.10 bits per heavy atom. The largest absolute Gasteiger partial charge is 0.379 e. The van der Waals surface area contributed by atoms with Crippen LogP contribution in [-0.2, 0) is 10.1 Å². The first-order valence-electron chi connectivity index (χ1n) is 8.28. The number of nitro benzene ring substituents is 1. The predicted octanol–water partition coefficient (Wildman–Crippen LogP) is 3.32. The van der Waals surface area contributed by atoms with Crippen molar-refractivity contribution in [2.24, 2.45) is 0 Å². The minimum atomic E-state index is -4.27. The van der Waals surface area contributed by atoms with Gasteiger partial charge in [-0.1, -0.05) is 12.1 Å². The molecule has 0 unspecified atom stereocenters. The van der Waals surface area contributed by atoms with Crippen LogP contribution in [0.2, 0.25) is 0 Å². The van der Waals surface area contributed by atoms with E-state index >= 15 is 0 Å². The van der Waals surface area contributed by atoms with Gasteiger partial charge in [-0.05, 0) is 48.9 Å². The number of hydrogen-bond donors (Lipinski definition) is 1. The van der Waals surface area contributed by atoms with Crippen molar-refractivity contribution in [3.63, 3.8) is 0 Å². The summed E-state index contributed by atoms with van der Waals surface area (Å²) in [6, 6.07) is 13.5. The molecule has 9 nitrogen and oxygen atoms in total. The summed E-state index contributed by atoms with van der Waals surface area (Å²) in [5, 5.41) is 13.5. The second-order valence-corrected chi connectivity index (χ2v) is 7.49. The molecule has 0 saturated heterocycles. The monoisotopic (exact) mass is 413 g/mol. The van der Waals surface area contributed by atoms with E-state index in [-0.39, 0.29) is 21.9 Å². The molecule has 2 aromatic carbocycles. The average molecular weight is 413 g/mol. The molecule has 1 heterocycles. The first-order valence-corrected chi connectivity index (χ1v) is 9.69. The maximum absolute atomic E-state index is 12.3. The molecule has 1 aromatic heterocycles. The second kappa shape index (κ2) is 8.07. The Balaban J connectivity index is 1.75. The number of nitro groups is 1. The molecule has 10 heteroatoms. The highest BCUT2D eigenvalue weighted by Gasteiger charge is 2.20. The minimum absolute atomic E-state index is 0.0397. The minimum Gasteiger partial charge on any atom is -0.379 e. The normalized spacial score (nSPS) is 10.9. The van der Waals surface area contributed by atoms with Crippen LogP contribution < -0.4 is 9.50 Å². The number of non-ortho nitro benzene ring substituents is 1. The van der Waals surface area contributed by atoms with Gasteiger partial charge in [0.25, 0.3) is 11.6 Å². The highest BCUT2D eigenvalue weighted by atomic mass is 32.2. The standard InChI is InChI=1S/C19H15N3O6S/c1-13-4-3-11-20-18(13)21-19(23)14-7-9-16(10-8-14)28-29(26,27)17-6-2-5-15(12-17)22(24)25/h2-12H,1H3,(H,20,21,23). The molecule has 0 bridgehead atoms. The Kier molecular flexibility index (Phi) is 5.55. The van der Waals surface area contributed by atoms with E-state index in [1.54, 1.807) is 25.3 Å². The molecule has 0 fully saturated rings. The Morgan fingerprint density at radius 3 is 2.48 bits per heavy atom. The number of carbonyl (C=O) groups excluding carboxylic acids is 1. The molecule has 1 N–H and O–H groups in total. The van der Waals surface area contributed by atoms with Gasteiger partial charge in [-0.25, -0.2) is 4.98 Å². The van der Waals surface area contributed by atoms with Crippen LogP contribution in [0.5, 0.6) is 5.75 Å². The predicted molar refractivity (Wildman–Crippen MR) is 104 cm³/mol. The van der Waals surface area contributed by atoms with E-state index in [1.807, 2.05) is 0 Å². The van der Waals surface area contributed by atoms with Crippen molar-refractivity contribution in [2.45, 2.75) is 11.8 Å². The third-order valence-electron chi connectivity index (χ3n) is 3.88. The molecule has 3 rings (SSSR count). The summed E-state index contributed by atoms with van der Waals surface area (Å²) in [6.07, 6.45) is 1.55. The first-order chi connectivity index (χ1) is 13.8. The number of pyridine rings is 1.